The lowest BCUT2D eigenvalue weighted by atomic mass is 9.93. The van der Waals surface area contributed by atoms with E-state index in [2.05, 4.69) is 20.8 Å². The van der Waals surface area contributed by atoms with Crippen molar-refractivity contribution in [3.63, 3.8) is 0 Å². The quantitative estimate of drug-likeness (QED) is 0.597. The Balaban J connectivity index is 0.000000796. The van der Waals surface area contributed by atoms with Crippen molar-refractivity contribution in [3.8, 4) is 5.75 Å². The molecule has 0 saturated heterocycles. The third kappa shape index (κ3) is 8.24. The first-order valence-electron chi connectivity index (χ1n) is 7.16. The Kier molecular flexibility index (Phi) is 11.5. The van der Waals surface area contributed by atoms with Gasteiger partial charge in [0.2, 0.25) is 0 Å². The summed E-state index contributed by atoms with van der Waals surface area (Å²) in [5.74, 6) is 0.491. The Morgan fingerprint density at radius 1 is 0.950 bits per heavy atom. The van der Waals surface area contributed by atoms with Gasteiger partial charge in [-0.05, 0) is 55.4 Å². The molecule has 1 nitrogen and oxygen atoms in total. The molecule has 0 aliphatic heterocycles. The maximum Gasteiger partial charge on any atom is 0.180 e. The van der Waals surface area contributed by atoms with Crippen molar-refractivity contribution >= 4 is 34.8 Å². The molecule has 0 fully saturated rings. The fourth-order valence-electron chi connectivity index (χ4n) is 2.13. The van der Waals surface area contributed by atoms with Crippen LogP contribution in [0.15, 0.2) is 12.1 Å². The normalized spacial score (nSPS) is 10.3. The number of phenolic OH excluding ortho intramolecular Hbond substituents is 1. The largest absolute Gasteiger partial charge is 0.508 e. The van der Waals surface area contributed by atoms with Gasteiger partial charge in [-0.2, -0.15) is 0 Å². The summed E-state index contributed by atoms with van der Waals surface area (Å²) in [6.07, 6.45) is 6.89. The van der Waals surface area contributed by atoms with E-state index in [9.17, 15) is 5.11 Å². The molecule has 0 saturated carbocycles. The van der Waals surface area contributed by atoms with E-state index in [1.165, 1.54) is 36.0 Å². The van der Waals surface area contributed by atoms with E-state index in [0.717, 1.165) is 19.3 Å². The van der Waals surface area contributed by atoms with Crippen LogP contribution in [-0.4, -0.2) is 9.40 Å². The van der Waals surface area contributed by atoms with Crippen molar-refractivity contribution in [2.24, 2.45) is 0 Å². The highest BCUT2D eigenvalue weighted by Gasteiger charge is 2.09. The molecule has 0 radical (unpaired) electrons. The second-order valence-electron chi connectivity index (χ2n) is 4.81. The lowest BCUT2D eigenvalue weighted by molar-refractivity contribution is 0.465. The monoisotopic (exact) mass is 338 g/mol. The average molecular weight is 340 g/mol. The first kappa shape index (κ1) is 19.9. The maximum absolute atomic E-state index is 9.94. The molecule has 0 unspecified atom stereocenters. The van der Waals surface area contributed by atoms with Crippen molar-refractivity contribution in [1.82, 2.24) is 0 Å². The zero-order chi connectivity index (χ0) is 15.5. The van der Waals surface area contributed by atoms with Gasteiger partial charge in [0.05, 0.1) is 0 Å². The van der Waals surface area contributed by atoms with Crippen molar-refractivity contribution < 1.29 is 5.11 Å². The molecule has 20 heavy (non-hydrogen) atoms. The van der Waals surface area contributed by atoms with Crippen LogP contribution in [0.1, 0.15) is 56.2 Å². The zero-order valence-corrected chi connectivity index (χ0v) is 14.8. The Morgan fingerprint density at radius 3 is 1.85 bits per heavy atom. The van der Waals surface area contributed by atoms with Gasteiger partial charge in [-0.15, -0.1) is 0 Å². The number of rotatable bonds is 6. The van der Waals surface area contributed by atoms with Gasteiger partial charge in [-0.3, -0.25) is 0 Å². The van der Waals surface area contributed by atoms with Crippen LogP contribution in [-0.2, 0) is 12.8 Å². The predicted molar refractivity (Wildman–Crippen MR) is 91.4 cm³/mol. The van der Waals surface area contributed by atoms with Gasteiger partial charge >= 0.3 is 0 Å². The number of aryl methyl sites for hydroxylation is 1. The lowest BCUT2D eigenvalue weighted by Crippen LogP contribution is -1.99. The van der Waals surface area contributed by atoms with Crippen molar-refractivity contribution in [1.29, 1.82) is 0 Å². The molecule has 0 aromatic heterocycles. The van der Waals surface area contributed by atoms with Gasteiger partial charge in [-0.25, -0.2) is 0 Å². The van der Waals surface area contributed by atoms with Crippen LogP contribution in [0.25, 0.3) is 0 Å². The topological polar surface area (TPSA) is 20.2 Å². The average Bonchev–Trinajstić information content (AvgIpc) is 2.38. The van der Waals surface area contributed by atoms with E-state index in [1.807, 2.05) is 12.1 Å². The number of benzene rings is 1. The molecule has 1 rings (SSSR count). The Bertz CT molecular complexity index is 342. The molecule has 0 aliphatic carbocycles. The van der Waals surface area contributed by atoms with E-state index in [0.29, 0.717) is 5.75 Å². The number of halogens is 3. The van der Waals surface area contributed by atoms with Crippen molar-refractivity contribution in [3.05, 3.63) is 28.8 Å². The van der Waals surface area contributed by atoms with Crippen LogP contribution < -0.4 is 0 Å². The highest BCUT2D eigenvalue weighted by atomic mass is 35.6. The molecule has 0 spiro atoms. The van der Waals surface area contributed by atoms with Gasteiger partial charge in [-0.1, -0.05) is 67.6 Å². The summed E-state index contributed by atoms with van der Waals surface area (Å²) in [7, 11) is 0. The smallest absolute Gasteiger partial charge is 0.180 e. The van der Waals surface area contributed by atoms with E-state index < -0.39 is 4.30 Å². The minimum absolute atomic E-state index is 0.491. The molecule has 116 valence electrons. The first-order valence-corrected chi connectivity index (χ1v) is 8.47. The van der Waals surface area contributed by atoms with Crippen LogP contribution in [0.3, 0.4) is 0 Å². The van der Waals surface area contributed by atoms with E-state index >= 15 is 0 Å². The molecule has 1 aromatic rings. The summed E-state index contributed by atoms with van der Waals surface area (Å²) >= 11 is 14.4. The van der Waals surface area contributed by atoms with Gasteiger partial charge in [0.25, 0.3) is 0 Å². The molecule has 0 bridgehead atoms. The summed E-state index contributed by atoms with van der Waals surface area (Å²) in [6.45, 7) is 6.56. The minimum atomic E-state index is -0.750. The third-order valence-electron chi connectivity index (χ3n) is 3.20. The fraction of sp³-hybridized carbons (Fsp3) is 0.625. The maximum atomic E-state index is 9.94. The molecule has 1 aromatic carbocycles. The van der Waals surface area contributed by atoms with Crippen molar-refractivity contribution in [2.45, 2.75) is 63.6 Å². The van der Waals surface area contributed by atoms with Gasteiger partial charge in [0.15, 0.2) is 4.30 Å². The third-order valence-corrected chi connectivity index (χ3v) is 3.20. The van der Waals surface area contributed by atoms with E-state index in [1.54, 1.807) is 0 Å². The number of unbranched alkanes of at least 4 members (excludes halogenated alkanes) is 2. The molecule has 0 aliphatic rings. The van der Waals surface area contributed by atoms with Crippen LogP contribution in [0.2, 0.25) is 0 Å². The fourth-order valence-corrected chi connectivity index (χ4v) is 2.13. The molecule has 4 heteroatoms. The first-order chi connectivity index (χ1) is 9.43. The van der Waals surface area contributed by atoms with Gasteiger partial charge in [0, 0.05) is 0 Å². The highest BCUT2D eigenvalue weighted by molar-refractivity contribution is 6.63. The number of hydrogen-bond donors (Lipinski definition) is 1. The summed E-state index contributed by atoms with van der Waals surface area (Å²) < 4.78 is -0.750. The van der Waals surface area contributed by atoms with Crippen LogP contribution >= 0.6 is 34.8 Å². The molecule has 0 heterocycles. The number of phenols is 1. The van der Waals surface area contributed by atoms with Crippen LogP contribution in [0.5, 0.6) is 5.75 Å². The second-order valence-corrected chi connectivity index (χ2v) is 6.79. The Labute approximate surface area is 138 Å². The van der Waals surface area contributed by atoms with Crippen LogP contribution in [0.4, 0.5) is 0 Å². The lowest BCUT2D eigenvalue weighted by Gasteiger charge is -2.14. The predicted octanol–water partition coefficient (Wildman–Crippen LogP) is 6.37. The molecule has 0 atom stereocenters. The Hall–Kier alpha value is -0.110. The number of aromatic hydroxyl groups is 1. The molecular weight excluding hydrogens is 315 g/mol. The van der Waals surface area contributed by atoms with E-state index in [-0.39, 0.29) is 0 Å². The SMILES string of the molecule is CCCCc1c(C)ccc(O)c1CCCC.ClC(Cl)Cl. The van der Waals surface area contributed by atoms with Gasteiger partial charge in [0.1, 0.15) is 5.75 Å². The standard InChI is InChI=1S/C15H24O.CHCl3/c1-4-6-8-13-12(3)10-11-15(16)14(13)9-7-5-2;2-1(3)4/h10-11,16H,4-9H2,1-3H3;1H. The van der Waals surface area contributed by atoms with Crippen molar-refractivity contribution in [2.75, 3.05) is 0 Å². The number of alkyl halides is 3. The Morgan fingerprint density at radius 2 is 1.40 bits per heavy atom. The summed E-state index contributed by atoms with van der Waals surface area (Å²) in [5.41, 5.74) is 3.91. The molecular formula is C16H25Cl3O. The van der Waals surface area contributed by atoms with E-state index in [4.69, 9.17) is 34.8 Å². The molecule has 1 N–H and O–H groups in total. The number of hydrogen-bond acceptors (Lipinski definition) is 1. The second kappa shape index (κ2) is 11.5. The van der Waals surface area contributed by atoms with Crippen LogP contribution in [0, 0.1) is 6.92 Å². The minimum Gasteiger partial charge on any atom is -0.508 e. The highest BCUT2D eigenvalue weighted by Crippen LogP contribution is 2.27. The summed E-state index contributed by atoms with van der Waals surface area (Å²) in [4.78, 5) is 0. The van der Waals surface area contributed by atoms with Gasteiger partial charge < -0.3 is 5.11 Å². The molecule has 0 amide bonds. The summed E-state index contributed by atoms with van der Waals surface area (Å²) in [6, 6.07) is 3.88. The summed E-state index contributed by atoms with van der Waals surface area (Å²) in [5, 5.41) is 9.94. The zero-order valence-electron chi connectivity index (χ0n) is 12.6.